The van der Waals surface area contributed by atoms with Crippen LogP contribution >= 0.6 is 0 Å². The van der Waals surface area contributed by atoms with Gasteiger partial charge in [-0.15, -0.1) is 0 Å². The lowest BCUT2D eigenvalue weighted by Gasteiger charge is -2.12. The van der Waals surface area contributed by atoms with Crippen molar-refractivity contribution in [1.29, 1.82) is 0 Å². The van der Waals surface area contributed by atoms with Crippen LogP contribution in [0.5, 0.6) is 11.5 Å². The zero-order chi connectivity index (χ0) is 18.9. The van der Waals surface area contributed by atoms with Gasteiger partial charge in [0.2, 0.25) is 0 Å². The summed E-state index contributed by atoms with van der Waals surface area (Å²) in [5.41, 5.74) is 2.46. The fourth-order valence-electron chi connectivity index (χ4n) is 2.24. The van der Waals surface area contributed by atoms with Crippen LogP contribution in [0.4, 0.5) is 5.69 Å². The van der Waals surface area contributed by atoms with Crippen LogP contribution in [0.25, 0.3) is 0 Å². The Balaban J connectivity index is 1.91. The standard InChI is InChI=1S/C20H24N2O4/c1-4-11-26-17-10-7-15(12-18(17)25-3)13-21-19(23)20(24)22-16-8-5-14(2)6-9-16/h5-10,12H,4,11,13H2,1-3H3,(H,21,23)(H,22,24). The molecule has 0 aliphatic carbocycles. The molecule has 0 radical (unpaired) electrons. The van der Waals surface area contributed by atoms with Crippen molar-refractivity contribution in [2.45, 2.75) is 26.8 Å². The summed E-state index contributed by atoms with van der Waals surface area (Å²) >= 11 is 0. The second-order valence-electron chi connectivity index (χ2n) is 5.84. The van der Waals surface area contributed by atoms with Crippen molar-refractivity contribution in [3.8, 4) is 11.5 Å². The van der Waals surface area contributed by atoms with E-state index in [9.17, 15) is 9.59 Å². The Hall–Kier alpha value is -3.02. The number of amides is 2. The van der Waals surface area contributed by atoms with Crippen LogP contribution in [0.1, 0.15) is 24.5 Å². The van der Waals surface area contributed by atoms with E-state index in [0.29, 0.717) is 23.8 Å². The molecule has 0 aromatic heterocycles. The minimum Gasteiger partial charge on any atom is -0.493 e. The van der Waals surface area contributed by atoms with E-state index in [2.05, 4.69) is 10.6 Å². The lowest BCUT2D eigenvalue weighted by Crippen LogP contribution is -2.34. The third-order valence-electron chi connectivity index (χ3n) is 3.66. The van der Waals surface area contributed by atoms with Crippen LogP contribution in [0.15, 0.2) is 42.5 Å². The molecule has 0 fully saturated rings. The van der Waals surface area contributed by atoms with Crippen LogP contribution < -0.4 is 20.1 Å². The van der Waals surface area contributed by atoms with Gasteiger partial charge in [-0.1, -0.05) is 30.7 Å². The van der Waals surface area contributed by atoms with E-state index in [-0.39, 0.29) is 6.54 Å². The van der Waals surface area contributed by atoms with Crippen molar-refractivity contribution in [2.24, 2.45) is 0 Å². The van der Waals surface area contributed by atoms with E-state index in [1.165, 1.54) is 0 Å². The van der Waals surface area contributed by atoms with Crippen LogP contribution in [-0.4, -0.2) is 25.5 Å². The van der Waals surface area contributed by atoms with Crippen LogP contribution in [0.2, 0.25) is 0 Å². The quantitative estimate of drug-likeness (QED) is 0.748. The number of rotatable bonds is 7. The topological polar surface area (TPSA) is 76.7 Å². The highest BCUT2D eigenvalue weighted by Crippen LogP contribution is 2.28. The molecule has 138 valence electrons. The van der Waals surface area contributed by atoms with E-state index in [4.69, 9.17) is 9.47 Å². The third kappa shape index (κ3) is 5.51. The highest BCUT2D eigenvalue weighted by atomic mass is 16.5. The molecule has 2 aromatic rings. The second kappa shape index (κ2) is 9.46. The van der Waals surface area contributed by atoms with Crippen molar-refractivity contribution in [2.75, 3.05) is 19.0 Å². The van der Waals surface area contributed by atoms with Gasteiger partial charge in [0.1, 0.15) is 0 Å². The molecule has 0 atom stereocenters. The molecule has 6 nitrogen and oxygen atoms in total. The Bertz CT molecular complexity index is 757. The number of carbonyl (C=O) groups excluding carboxylic acids is 2. The van der Waals surface area contributed by atoms with Crippen molar-refractivity contribution in [1.82, 2.24) is 5.32 Å². The van der Waals surface area contributed by atoms with Crippen LogP contribution in [0.3, 0.4) is 0 Å². The van der Waals surface area contributed by atoms with Crippen molar-refractivity contribution in [3.05, 3.63) is 53.6 Å². The molecule has 0 spiro atoms. The molecular weight excluding hydrogens is 332 g/mol. The Kier molecular flexibility index (Phi) is 7.02. The Morgan fingerprint density at radius 1 is 1.00 bits per heavy atom. The molecular formula is C20H24N2O4. The molecule has 0 aliphatic rings. The lowest BCUT2D eigenvalue weighted by molar-refractivity contribution is -0.136. The first-order valence-corrected chi connectivity index (χ1v) is 8.49. The van der Waals surface area contributed by atoms with Gasteiger partial charge in [-0.3, -0.25) is 9.59 Å². The molecule has 2 amide bonds. The van der Waals surface area contributed by atoms with Gasteiger partial charge in [0.15, 0.2) is 11.5 Å². The Morgan fingerprint density at radius 2 is 1.73 bits per heavy atom. The highest BCUT2D eigenvalue weighted by Gasteiger charge is 2.14. The number of hydrogen-bond acceptors (Lipinski definition) is 4. The van der Waals surface area contributed by atoms with Gasteiger partial charge in [0.25, 0.3) is 0 Å². The molecule has 0 heterocycles. The highest BCUT2D eigenvalue weighted by molar-refractivity contribution is 6.39. The van der Waals surface area contributed by atoms with Crippen molar-refractivity contribution >= 4 is 17.5 Å². The predicted molar refractivity (Wildman–Crippen MR) is 100 cm³/mol. The van der Waals surface area contributed by atoms with Gasteiger partial charge in [-0.05, 0) is 43.2 Å². The maximum absolute atomic E-state index is 12.0. The zero-order valence-corrected chi connectivity index (χ0v) is 15.3. The number of ether oxygens (including phenoxy) is 2. The normalized spacial score (nSPS) is 10.1. The molecule has 2 rings (SSSR count). The monoisotopic (exact) mass is 356 g/mol. The van der Waals surface area contributed by atoms with Gasteiger partial charge in [0.05, 0.1) is 13.7 Å². The zero-order valence-electron chi connectivity index (χ0n) is 15.3. The molecule has 26 heavy (non-hydrogen) atoms. The number of hydrogen-bond donors (Lipinski definition) is 2. The molecule has 6 heteroatoms. The summed E-state index contributed by atoms with van der Waals surface area (Å²) < 4.78 is 10.9. The van der Waals surface area contributed by atoms with E-state index in [1.54, 1.807) is 31.4 Å². The lowest BCUT2D eigenvalue weighted by atomic mass is 10.2. The van der Waals surface area contributed by atoms with Gasteiger partial charge in [-0.25, -0.2) is 0 Å². The fourth-order valence-corrected chi connectivity index (χ4v) is 2.24. The van der Waals surface area contributed by atoms with E-state index < -0.39 is 11.8 Å². The van der Waals surface area contributed by atoms with Gasteiger partial charge in [-0.2, -0.15) is 0 Å². The minimum atomic E-state index is -0.705. The SMILES string of the molecule is CCCOc1ccc(CNC(=O)C(=O)Nc2ccc(C)cc2)cc1OC. The summed E-state index contributed by atoms with van der Waals surface area (Å²) in [6.07, 6.45) is 0.900. The second-order valence-corrected chi connectivity index (χ2v) is 5.84. The molecule has 2 aromatic carbocycles. The maximum Gasteiger partial charge on any atom is 0.313 e. The number of benzene rings is 2. The number of anilines is 1. The largest absolute Gasteiger partial charge is 0.493 e. The van der Waals surface area contributed by atoms with Gasteiger partial charge >= 0.3 is 11.8 Å². The minimum absolute atomic E-state index is 0.213. The van der Waals surface area contributed by atoms with Crippen LogP contribution in [0, 0.1) is 6.92 Å². The Morgan fingerprint density at radius 3 is 2.38 bits per heavy atom. The van der Waals surface area contributed by atoms with Gasteiger partial charge < -0.3 is 20.1 Å². The van der Waals surface area contributed by atoms with Crippen molar-refractivity contribution < 1.29 is 19.1 Å². The van der Waals surface area contributed by atoms with Crippen LogP contribution in [-0.2, 0) is 16.1 Å². The molecule has 0 saturated heterocycles. The molecule has 0 unspecified atom stereocenters. The fraction of sp³-hybridized carbons (Fsp3) is 0.300. The summed E-state index contributed by atoms with van der Waals surface area (Å²) in [5.74, 6) is -0.157. The first kappa shape index (κ1) is 19.3. The summed E-state index contributed by atoms with van der Waals surface area (Å²) in [5, 5.41) is 5.16. The van der Waals surface area contributed by atoms with E-state index in [1.807, 2.05) is 32.0 Å². The average Bonchev–Trinajstić information content (AvgIpc) is 2.66. The molecule has 0 saturated carbocycles. The molecule has 0 bridgehead atoms. The van der Waals surface area contributed by atoms with Gasteiger partial charge in [0, 0.05) is 12.2 Å². The summed E-state index contributed by atoms with van der Waals surface area (Å²) in [6, 6.07) is 12.6. The Labute approximate surface area is 153 Å². The number of nitrogens with one attached hydrogen (secondary N) is 2. The average molecular weight is 356 g/mol. The van der Waals surface area contributed by atoms with Crippen molar-refractivity contribution in [3.63, 3.8) is 0 Å². The predicted octanol–water partition coefficient (Wildman–Crippen LogP) is 3.05. The summed E-state index contributed by atoms with van der Waals surface area (Å²) in [7, 11) is 1.56. The third-order valence-corrected chi connectivity index (χ3v) is 3.66. The number of carbonyl (C=O) groups is 2. The number of methoxy groups -OCH3 is 1. The summed E-state index contributed by atoms with van der Waals surface area (Å²) in [6.45, 7) is 4.79. The molecule has 0 aliphatic heterocycles. The van der Waals surface area contributed by atoms with E-state index in [0.717, 1.165) is 17.5 Å². The summed E-state index contributed by atoms with van der Waals surface area (Å²) in [4.78, 5) is 23.9. The molecule has 2 N–H and O–H groups in total. The first-order valence-electron chi connectivity index (χ1n) is 8.49. The van der Waals surface area contributed by atoms with E-state index >= 15 is 0 Å². The number of aryl methyl sites for hydroxylation is 1. The smallest absolute Gasteiger partial charge is 0.313 e. The maximum atomic E-state index is 12.0. The first-order chi connectivity index (χ1) is 12.5.